The first kappa shape index (κ1) is 17.2. The van der Waals surface area contributed by atoms with E-state index in [0.29, 0.717) is 12.0 Å². The molecule has 0 amide bonds. The fraction of sp³-hybridized carbons (Fsp3) is 0.647. The molecule has 1 unspecified atom stereocenters. The van der Waals surface area contributed by atoms with E-state index in [-0.39, 0.29) is 0 Å². The molecule has 114 valence electrons. The van der Waals surface area contributed by atoms with Gasteiger partial charge in [0, 0.05) is 26.2 Å². The molecule has 3 heteroatoms. The molecule has 0 bridgehead atoms. The molecule has 1 N–H and O–H groups in total. The van der Waals surface area contributed by atoms with Gasteiger partial charge in [0.25, 0.3) is 0 Å². The van der Waals surface area contributed by atoms with Gasteiger partial charge >= 0.3 is 0 Å². The molecular weight excluding hydrogens is 248 g/mol. The highest BCUT2D eigenvalue weighted by Crippen LogP contribution is 2.08. The molecule has 0 spiro atoms. The maximum absolute atomic E-state index is 5.36. The molecule has 0 saturated heterocycles. The molecule has 0 aliphatic rings. The van der Waals surface area contributed by atoms with Gasteiger partial charge < -0.3 is 10.1 Å². The molecule has 1 aromatic carbocycles. The van der Waals surface area contributed by atoms with Crippen LogP contribution >= 0.6 is 0 Å². The number of benzene rings is 1. The molecule has 1 atom stereocenters. The van der Waals surface area contributed by atoms with Crippen LogP contribution < -0.4 is 5.32 Å². The molecule has 0 heterocycles. The van der Waals surface area contributed by atoms with Crippen molar-refractivity contribution in [1.82, 2.24) is 10.2 Å². The minimum atomic E-state index is 0.403. The van der Waals surface area contributed by atoms with Crippen LogP contribution in [0, 0.1) is 12.8 Å². The first-order valence-corrected chi connectivity index (χ1v) is 7.48. The second-order valence-electron chi connectivity index (χ2n) is 6.06. The Kier molecular flexibility index (Phi) is 7.82. The van der Waals surface area contributed by atoms with Gasteiger partial charge in [-0.25, -0.2) is 0 Å². The average Bonchev–Trinajstić information content (AvgIpc) is 2.40. The average molecular weight is 278 g/mol. The lowest BCUT2D eigenvalue weighted by Gasteiger charge is -2.28. The number of ether oxygens (including phenoxy) is 1. The Bertz CT molecular complexity index is 362. The van der Waals surface area contributed by atoms with Crippen LogP contribution in [-0.2, 0) is 11.3 Å². The molecule has 0 saturated carbocycles. The summed E-state index contributed by atoms with van der Waals surface area (Å²) in [5.41, 5.74) is 2.66. The van der Waals surface area contributed by atoms with Crippen LogP contribution in [0.25, 0.3) is 0 Å². The van der Waals surface area contributed by atoms with E-state index in [1.54, 1.807) is 7.11 Å². The Labute approximate surface area is 124 Å². The third-order valence-electron chi connectivity index (χ3n) is 3.47. The fourth-order valence-electron chi connectivity index (χ4n) is 2.18. The van der Waals surface area contributed by atoms with Crippen molar-refractivity contribution in [3.8, 4) is 0 Å². The number of hydrogen-bond donors (Lipinski definition) is 1. The number of rotatable bonds is 9. The summed E-state index contributed by atoms with van der Waals surface area (Å²) < 4.78 is 5.36. The van der Waals surface area contributed by atoms with Gasteiger partial charge in [0.2, 0.25) is 0 Å². The standard InChI is InChI=1S/C17H30N2O/c1-14(2)10-18-11-17(13-20-5)19(4)12-16-8-6-15(3)7-9-16/h6-9,14,17-18H,10-13H2,1-5H3. The lowest BCUT2D eigenvalue weighted by atomic mass is 10.1. The minimum absolute atomic E-state index is 0.403. The summed E-state index contributed by atoms with van der Waals surface area (Å²) in [6.45, 7) is 10.3. The topological polar surface area (TPSA) is 24.5 Å². The van der Waals surface area contributed by atoms with E-state index >= 15 is 0 Å². The Morgan fingerprint density at radius 1 is 1.15 bits per heavy atom. The predicted octanol–water partition coefficient (Wildman–Crippen LogP) is 2.69. The second-order valence-corrected chi connectivity index (χ2v) is 6.06. The first-order valence-electron chi connectivity index (χ1n) is 7.48. The Hall–Kier alpha value is -0.900. The zero-order chi connectivity index (χ0) is 15.0. The van der Waals surface area contributed by atoms with Crippen molar-refractivity contribution in [3.05, 3.63) is 35.4 Å². The predicted molar refractivity (Wildman–Crippen MR) is 86.0 cm³/mol. The zero-order valence-electron chi connectivity index (χ0n) is 13.6. The van der Waals surface area contributed by atoms with E-state index in [1.165, 1.54) is 11.1 Å². The molecule has 20 heavy (non-hydrogen) atoms. The largest absolute Gasteiger partial charge is 0.383 e. The van der Waals surface area contributed by atoms with E-state index in [0.717, 1.165) is 26.2 Å². The normalized spacial score (nSPS) is 13.2. The number of likely N-dealkylation sites (N-methyl/N-ethyl adjacent to an activating group) is 1. The molecule has 0 aromatic heterocycles. The maximum Gasteiger partial charge on any atom is 0.0630 e. The lowest BCUT2D eigenvalue weighted by molar-refractivity contribution is 0.101. The van der Waals surface area contributed by atoms with Crippen LogP contribution in [0.2, 0.25) is 0 Å². The monoisotopic (exact) mass is 278 g/mol. The van der Waals surface area contributed by atoms with Crippen molar-refractivity contribution in [1.29, 1.82) is 0 Å². The molecule has 0 fully saturated rings. The summed E-state index contributed by atoms with van der Waals surface area (Å²) in [6, 6.07) is 9.16. The molecular formula is C17H30N2O. The number of nitrogens with zero attached hydrogens (tertiary/aromatic N) is 1. The molecule has 0 radical (unpaired) electrons. The minimum Gasteiger partial charge on any atom is -0.383 e. The molecule has 1 aromatic rings. The van der Waals surface area contributed by atoms with Crippen LogP contribution in [-0.4, -0.2) is 44.8 Å². The Morgan fingerprint density at radius 2 is 1.80 bits per heavy atom. The summed E-state index contributed by atoms with van der Waals surface area (Å²) in [5.74, 6) is 0.681. The summed E-state index contributed by atoms with van der Waals surface area (Å²) in [6.07, 6.45) is 0. The fourth-order valence-corrected chi connectivity index (χ4v) is 2.18. The van der Waals surface area contributed by atoms with Crippen LogP contribution in [0.15, 0.2) is 24.3 Å². The summed E-state index contributed by atoms with van der Waals surface area (Å²) in [4.78, 5) is 2.36. The third-order valence-corrected chi connectivity index (χ3v) is 3.47. The quantitative estimate of drug-likeness (QED) is 0.751. The van der Waals surface area contributed by atoms with Crippen molar-refractivity contribution in [3.63, 3.8) is 0 Å². The van der Waals surface area contributed by atoms with Crippen LogP contribution in [0.1, 0.15) is 25.0 Å². The Balaban J connectivity index is 2.49. The smallest absolute Gasteiger partial charge is 0.0630 e. The SMILES string of the molecule is COCC(CNCC(C)C)N(C)Cc1ccc(C)cc1. The van der Waals surface area contributed by atoms with Gasteiger partial charge in [-0.3, -0.25) is 4.90 Å². The van der Waals surface area contributed by atoms with Gasteiger partial charge in [0.05, 0.1) is 6.61 Å². The number of hydrogen-bond acceptors (Lipinski definition) is 3. The van der Waals surface area contributed by atoms with E-state index in [9.17, 15) is 0 Å². The van der Waals surface area contributed by atoms with Crippen molar-refractivity contribution in [2.24, 2.45) is 5.92 Å². The van der Waals surface area contributed by atoms with Gasteiger partial charge in [0.15, 0.2) is 0 Å². The maximum atomic E-state index is 5.36. The van der Waals surface area contributed by atoms with Crippen LogP contribution in [0.4, 0.5) is 0 Å². The molecule has 0 aliphatic carbocycles. The van der Waals surface area contributed by atoms with Crippen molar-refractivity contribution in [2.75, 3.05) is 33.9 Å². The van der Waals surface area contributed by atoms with E-state index in [4.69, 9.17) is 4.74 Å². The van der Waals surface area contributed by atoms with E-state index < -0.39 is 0 Å². The van der Waals surface area contributed by atoms with Gasteiger partial charge in [0.1, 0.15) is 0 Å². The zero-order valence-corrected chi connectivity index (χ0v) is 13.6. The number of methoxy groups -OCH3 is 1. The third kappa shape index (κ3) is 6.51. The highest BCUT2D eigenvalue weighted by molar-refractivity contribution is 5.21. The van der Waals surface area contributed by atoms with Gasteiger partial charge in [-0.2, -0.15) is 0 Å². The van der Waals surface area contributed by atoms with Crippen molar-refractivity contribution >= 4 is 0 Å². The van der Waals surface area contributed by atoms with Crippen LogP contribution in [0.5, 0.6) is 0 Å². The summed E-state index contributed by atoms with van der Waals surface area (Å²) in [7, 11) is 3.94. The first-order chi connectivity index (χ1) is 9.52. The second kappa shape index (κ2) is 9.11. The van der Waals surface area contributed by atoms with Gasteiger partial charge in [-0.15, -0.1) is 0 Å². The van der Waals surface area contributed by atoms with Crippen molar-refractivity contribution < 1.29 is 4.74 Å². The van der Waals surface area contributed by atoms with E-state index in [1.807, 2.05) is 0 Å². The number of nitrogens with one attached hydrogen (secondary N) is 1. The molecule has 1 rings (SSSR count). The van der Waals surface area contributed by atoms with E-state index in [2.05, 4.69) is 62.3 Å². The van der Waals surface area contributed by atoms with Crippen molar-refractivity contribution in [2.45, 2.75) is 33.4 Å². The number of aryl methyl sites for hydroxylation is 1. The summed E-state index contributed by atoms with van der Waals surface area (Å²) in [5, 5.41) is 3.52. The van der Waals surface area contributed by atoms with Crippen LogP contribution in [0.3, 0.4) is 0 Å². The Morgan fingerprint density at radius 3 is 2.35 bits per heavy atom. The lowest BCUT2D eigenvalue weighted by Crippen LogP contribution is -2.43. The van der Waals surface area contributed by atoms with Gasteiger partial charge in [-0.1, -0.05) is 43.7 Å². The highest BCUT2D eigenvalue weighted by Gasteiger charge is 2.14. The highest BCUT2D eigenvalue weighted by atomic mass is 16.5. The molecule has 0 aliphatic heterocycles. The summed E-state index contributed by atoms with van der Waals surface area (Å²) >= 11 is 0. The molecule has 3 nitrogen and oxygen atoms in total. The van der Waals surface area contributed by atoms with Gasteiger partial charge in [-0.05, 0) is 32.0 Å².